The molecule has 2 aromatic carbocycles. The van der Waals surface area contributed by atoms with Crippen LogP contribution in [0.15, 0.2) is 48.5 Å². The number of aryl methyl sites for hydroxylation is 1. The van der Waals surface area contributed by atoms with Crippen LogP contribution in [-0.4, -0.2) is 84.0 Å². The highest BCUT2D eigenvalue weighted by atomic mass is 16.5. The third kappa shape index (κ3) is 3.64. The second-order valence-electron chi connectivity index (χ2n) is 10.4. The number of rotatable bonds is 5. The molecule has 3 aliphatic heterocycles. The van der Waals surface area contributed by atoms with Crippen LogP contribution in [0.2, 0.25) is 0 Å². The van der Waals surface area contributed by atoms with Crippen molar-refractivity contribution in [2.45, 2.75) is 31.7 Å². The minimum Gasteiger partial charge on any atom is -0.379 e. The molecule has 3 aliphatic rings. The first kappa shape index (κ1) is 23.3. The van der Waals surface area contributed by atoms with Crippen molar-refractivity contribution >= 4 is 22.7 Å². The van der Waals surface area contributed by atoms with Gasteiger partial charge >= 0.3 is 0 Å². The number of carbonyl (C=O) groups excluding carboxylic acids is 2. The van der Waals surface area contributed by atoms with Gasteiger partial charge in [0.2, 0.25) is 5.91 Å². The summed E-state index contributed by atoms with van der Waals surface area (Å²) in [4.78, 5) is 37.2. The summed E-state index contributed by atoms with van der Waals surface area (Å²) in [6, 6.07) is 17.0. The molecule has 1 aromatic heterocycles. The van der Waals surface area contributed by atoms with Gasteiger partial charge in [-0.05, 0) is 36.1 Å². The number of aromatic nitrogens is 1. The molecule has 7 nitrogen and oxygen atoms in total. The van der Waals surface area contributed by atoms with E-state index in [1.54, 1.807) is 4.90 Å². The smallest absolute Gasteiger partial charge is 0.254 e. The van der Waals surface area contributed by atoms with E-state index in [0.29, 0.717) is 13.1 Å². The lowest BCUT2D eigenvalue weighted by atomic mass is 9.76. The Morgan fingerprint density at radius 2 is 1.78 bits per heavy atom. The number of ether oxygens (including phenoxy) is 1. The molecule has 2 atom stereocenters. The fourth-order valence-electron chi connectivity index (χ4n) is 6.23. The molecule has 0 aliphatic carbocycles. The fraction of sp³-hybridized carbons (Fsp3) is 0.448. The zero-order chi connectivity index (χ0) is 24.9. The minimum atomic E-state index is -1.05. The van der Waals surface area contributed by atoms with Crippen molar-refractivity contribution in [3.63, 3.8) is 0 Å². The van der Waals surface area contributed by atoms with Crippen LogP contribution in [0.4, 0.5) is 0 Å². The SMILES string of the molecule is CCc1ccc(C2CN3C(=O)CN(CCN4CCOCC4)C(=O)[C@]3(C)c3[nH]c4ccccc4c32)cc1. The number of piperazine rings is 1. The van der Waals surface area contributed by atoms with E-state index >= 15 is 0 Å². The summed E-state index contributed by atoms with van der Waals surface area (Å²) in [5.41, 5.74) is 4.42. The van der Waals surface area contributed by atoms with E-state index in [4.69, 9.17) is 4.74 Å². The molecule has 2 saturated heterocycles. The molecule has 2 fully saturated rings. The predicted molar refractivity (Wildman–Crippen MR) is 139 cm³/mol. The Labute approximate surface area is 212 Å². The summed E-state index contributed by atoms with van der Waals surface area (Å²) in [6.07, 6.45) is 0.987. The van der Waals surface area contributed by atoms with Gasteiger partial charge in [-0.25, -0.2) is 0 Å². The van der Waals surface area contributed by atoms with E-state index in [-0.39, 0.29) is 24.3 Å². The molecule has 4 heterocycles. The van der Waals surface area contributed by atoms with E-state index in [1.807, 2.05) is 24.0 Å². The standard InChI is InChI=1S/C29H34N4O3/c1-3-20-8-10-21(11-9-20)23-18-33-25(34)19-32(13-12-31-14-16-36-17-15-31)28(35)29(33,2)27-26(23)22-6-4-5-7-24(22)30-27/h4-11,23,30H,3,12-19H2,1-2H3/t23?,29-/m0/s1. The van der Waals surface area contributed by atoms with Crippen LogP contribution in [-0.2, 0) is 26.3 Å². The summed E-state index contributed by atoms with van der Waals surface area (Å²) >= 11 is 0. The zero-order valence-corrected chi connectivity index (χ0v) is 21.1. The highest BCUT2D eigenvalue weighted by Gasteiger charge is 2.56. The van der Waals surface area contributed by atoms with E-state index in [9.17, 15) is 9.59 Å². The molecule has 0 spiro atoms. The lowest BCUT2D eigenvalue weighted by molar-refractivity contribution is -0.166. The van der Waals surface area contributed by atoms with Crippen LogP contribution in [0.5, 0.6) is 0 Å². The second-order valence-corrected chi connectivity index (χ2v) is 10.4. The van der Waals surface area contributed by atoms with Gasteiger partial charge in [0.15, 0.2) is 5.54 Å². The van der Waals surface area contributed by atoms with Crippen molar-refractivity contribution in [3.05, 3.63) is 70.9 Å². The summed E-state index contributed by atoms with van der Waals surface area (Å²) in [5, 5.41) is 1.13. The number of morpholine rings is 1. The highest BCUT2D eigenvalue weighted by molar-refractivity contribution is 6.01. The number of hydrogen-bond acceptors (Lipinski definition) is 4. The number of para-hydroxylation sites is 1. The molecule has 0 saturated carbocycles. The number of nitrogens with one attached hydrogen (secondary N) is 1. The number of benzene rings is 2. The number of H-pyrrole nitrogens is 1. The molecule has 0 radical (unpaired) electrons. The molecule has 36 heavy (non-hydrogen) atoms. The molecule has 7 heteroatoms. The molecule has 1 unspecified atom stereocenters. The average molecular weight is 487 g/mol. The number of fused-ring (bicyclic) bond motifs is 5. The Morgan fingerprint density at radius 1 is 1.03 bits per heavy atom. The molecule has 2 amide bonds. The minimum absolute atomic E-state index is 0.00273. The maximum absolute atomic E-state index is 14.1. The molecular weight excluding hydrogens is 452 g/mol. The van der Waals surface area contributed by atoms with Gasteiger partial charge < -0.3 is 19.5 Å². The summed E-state index contributed by atoms with van der Waals surface area (Å²) in [7, 11) is 0. The Bertz CT molecular complexity index is 1290. The van der Waals surface area contributed by atoms with Crippen molar-refractivity contribution in [3.8, 4) is 0 Å². The molecule has 188 valence electrons. The van der Waals surface area contributed by atoms with Crippen molar-refractivity contribution in [1.29, 1.82) is 0 Å². The first-order chi connectivity index (χ1) is 17.5. The van der Waals surface area contributed by atoms with E-state index in [1.165, 1.54) is 11.1 Å². The van der Waals surface area contributed by atoms with Gasteiger partial charge in [0.05, 0.1) is 25.5 Å². The second kappa shape index (κ2) is 9.05. The fourth-order valence-corrected chi connectivity index (χ4v) is 6.23. The van der Waals surface area contributed by atoms with Crippen LogP contribution in [0.3, 0.4) is 0 Å². The largest absolute Gasteiger partial charge is 0.379 e. The summed E-state index contributed by atoms with van der Waals surface area (Å²) < 4.78 is 5.46. The molecule has 0 bridgehead atoms. The van der Waals surface area contributed by atoms with Crippen LogP contribution >= 0.6 is 0 Å². The Hall–Kier alpha value is -3.16. The number of nitrogens with zero attached hydrogens (tertiary/aromatic N) is 3. The van der Waals surface area contributed by atoms with Gasteiger partial charge in [0.25, 0.3) is 5.91 Å². The van der Waals surface area contributed by atoms with Crippen LogP contribution in [0.1, 0.15) is 42.1 Å². The quantitative estimate of drug-likeness (QED) is 0.602. The van der Waals surface area contributed by atoms with Gasteiger partial charge in [-0.2, -0.15) is 0 Å². The van der Waals surface area contributed by atoms with Gasteiger partial charge in [0.1, 0.15) is 0 Å². The monoisotopic (exact) mass is 486 g/mol. The van der Waals surface area contributed by atoms with E-state index in [0.717, 1.165) is 61.4 Å². The molecular formula is C29H34N4O3. The average Bonchev–Trinajstić information content (AvgIpc) is 3.32. The van der Waals surface area contributed by atoms with Crippen molar-refractivity contribution in [1.82, 2.24) is 19.7 Å². The van der Waals surface area contributed by atoms with Crippen molar-refractivity contribution in [2.75, 3.05) is 52.5 Å². The maximum atomic E-state index is 14.1. The van der Waals surface area contributed by atoms with Crippen LogP contribution in [0, 0.1) is 0 Å². The van der Waals surface area contributed by atoms with E-state index < -0.39 is 5.54 Å². The number of aromatic amines is 1. The normalized spacial score (nSPS) is 24.8. The molecule has 3 aromatic rings. The third-order valence-corrected chi connectivity index (χ3v) is 8.40. The maximum Gasteiger partial charge on any atom is 0.254 e. The predicted octanol–water partition coefficient (Wildman–Crippen LogP) is 3.09. The topological polar surface area (TPSA) is 68.9 Å². The lowest BCUT2D eigenvalue weighted by Gasteiger charge is -2.51. The Kier molecular flexibility index (Phi) is 5.85. The van der Waals surface area contributed by atoms with Crippen molar-refractivity contribution in [2.24, 2.45) is 0 Å². The lowest BCUT2D eigenvalue weighted by Crippen LogP contribution is -2.68. The van der Waals surface area contributed by atoms with Gasteiger partial charge in [-0.15, -0.1) is 0 Å². The third-order valence-electron chi connectivity index (χ3n) is 8.40. The molecule has 6 rings (SSSR count). The molecule has 1 N–H and O–H groups in total. The zero-order valence-electron chi connectivity index (χ0n) is 21.1. The summed E-state index contributed by atoms with van der Waals surface area (Å²) in [5.74, 6) is 0.0216. The first-order valence-electron chi connectivity index (χ1n) is 13.1. The van der Waals surface area contributed by atoms with Crippen LogP contribution < -0.4 is 0 Å². The van der Waals surface area contributed by atoms with Crippen LogP contribution in [0.25, 0.3) is 10.9 Å². The Balaban J connectivity index is 1.41. The van der Waals surface area contributed by atoms with E-state index in [2.05, 4.69) is 53.2 Å². The number of hydrogen-bond donors (Lipinski definition) is 1. The summed E-state index contributed by atoms with van der Waals surface area (Å²) in [6.45, 7) is 9.19. The van der Waals surface area contributed by atoms with Gasteiger partial charge in [-0.1, -0.05) is 49.4 Å². The number of amides is 2. The Morgan fingerprint density at radius 3 is 2.53 bits per heavy atom. The van der Waals surface area contributed by atoms with Gasteiger partial charge in [0, 0.05) is 49.5 Å². The van der Waals surface area contributed by atoms with Crippen molar-refractivity contribution < 1.29 is 14.3 Å². The number of carbonyl (C=O) groups is 2. The van der Waals surface area contributed by atoms with Gasteiger partial charge in [-0.3, -0.25) is 14.5 Å². The highest BCUT2D eigenvalue weighted by Crippen LogP contribution is 2.48. The first-order valence-corrected chi connectivity index (χ1v) is 13.1.